The zero-order chi connectivity index (χ0) is 13.2. The highest BCUT2D eigenvalue weighted by Crippen LogP contribution is 2.70. The highest BCUT2D eigenvalue weighted by molar-refractivity contribution is 5.18. The van der Waals surface area contributed by atoms with Crippen molar-refractivity contribution in [3.8, 4) is 0 Å². The van der Waals surface area contributed by atoms with Gasteiger partial charge in [0.05, 0.1) is 11.7 Å². The van der Waals surface area contributed by atoms with Gasteiger partial charge in [0.2, 0.25) is 0 Å². The molecule has 0 aromatic rings. The van der Waals surface area contributed by atoms with Crippen LogP contribution in [0.2, 0.25) is 0 Å². The molecule has 0 aliphatic heterocycles. The third kappa shape index (κ3) is 1.37. The third-order valence-corrected chi connectivity index (χ3v) is 7.14. The SMILES string of the molecule is CC1(C)[C@@H]2CC[C@@]1(C)[C@H](O)C2C1(O)CCCCC1. The smallest absolute Gasteiger partial charge is 0.0703 e. The molecular weight excluding hydrogens is 224 g/mol. The van der Waals surface area contributed by atoms with Crippen molar-refractivity contribution in [3.63, 3.8) is 0 Å². The minimum absolute atomic E-state index is 0.00943. The fourth-order valence-corrected chi connectivity index (χ4v) is 5.50. The van der Waals surface area contributed by atoms with Gasteiger partial charge in [0, 0.05) is 5.92 Å². The Morgan fingerprint density at radius 1 is 0.944 bits per heavy atom. The molecule has 18 heavy (non-hydrogen) atoms. The first-order valence-electron chi connectivity index (χ1n) is 7.73. The molecule has 0 aromatic heterocycles. The van der Waals surface area contributed by atoms with Gasteiger partial charge < -0.3 is 10.2 Å². The first kappa shape index (κ1) is 12.9. The molecular formula is C16H28O2. The van der Waals surface area contributed by atoms with Crippen LogP contribution in [0.15, 0.2) is 0 Å². The Labute approximate surface area is 111 Å². The summed E-state index contributed by atoms with van der Waals surface area (Å²) < 4.78 is 0. The second-order valence-electron chi connectivity index (χ2n) is 7.92. The molecule has 0 aromatic carbocycles. The van der Waals surface area contributed by atoms with Crippen molar-refractivity contribution in [3.05, 3.63) is 0 Å². The number of fused-ring (bicyclic) bond motifs is 2. The van der Waals surface area contributed by atoms with Gasteiger partial charge in [-0.25, -0.2) is 0 Å². The molecule has 2 heteroatoms. The van der Waals surface area contributed by atoms with Crippen LogP contribution in [0.1, 0.15) is 65.7 Å². The van der Waals surface area contributed by atoms with E-state index in [0.717, 1.165) is 32.1 Å². The predicted molar refractivity (Wildman–Crippen MR) is 72.1 cm³/mol. The number of aliphatic hydroxyl groups excluding tert-OH is 1. The zero-order valence-electron chi connectivity index (χ0n) is 12.1. The van der Waals surface area contributed by atoms with Crippen molar-refractivity contribution in [2.75, 3.05) is 0 Å². The Balaban J connectivity index is 1.95. The van der Waals surface area contributed by atoms with Crippen molar-refractivity contribution in [2.24, 2.45) is 22.7 Å². The summed E-state index contributed by atoms with van der Waals surface area (Å²) in [5, 5.41) is 21.9. The van der Waals surface area contributed by atoms with Crippen molar-refractivity contribution < 1.29 is 10.2 Å². The molecule has 0 heterocycles. The molecule has 4 atom stereocenters. The largest absolute Gasteiger partial charge is 0.392 e. The lowest BCUT2D eigenvalue weighted by Gasteiger charge is -2.45. The maximum Gasteiger partial charge on any atom is 0.0703 e. The molecule has 3 aliphatic rings. The highest BCUT2D eigenvalue weighted by atomic mass is 16.3. The van der Waals surface area contributed by atoms with Crippen molar-refractivity contribution in [1.29, 1.82) is 0 Å². The molecule has 2 N–H and O–H groups in total. The van der Waals surface area contributed by atoms with E-state index in [4.69, 9.17) is 0 Å². The molecule has 1 unspecified atom stereocenters. The molecule has 104 valence electrons. The molecule has 0 spiro atoms. The maximum absolute atomic E-state index is 11.1. The van der Waals surface area contributed by atoms with E-state index in [0.29, 0.717) is 5.92 Å². The van der Waals surface area contributed by atoms with Gasteiger partial charge >= 0.3 is 0 Å². The minimum Gasteiger partial charge on any atom is -0.392 e. The second kappa shape index (κ2) is 3.73. The van der Waals surface area contributed by atoms with Crippen LogP contribution in [-0.2, 0) is 0 Å². The lowest BCUT2D eigenvalue weighted by Crippen LogP contribution is -2.50. The fraction of sp³-hybridized carbons (Fsp3) is 1.00. The van der Waals surface area contributed by atoms with E-state index >= 15 is 0 Å². The Morgan fingerprint density at radius 3 is 2.06 bits per heavy atom. The molecule has 0 radical (unpaired) electrons. The number of aliphatic hydroxyl groups is 2. The molecule has 3 fully saturated rings. The molecule has 3 saturated carbocycles. The Morgan fingerprint density at radius 2 is 1.56 bits per heavy atom. The van der Waals surface area contributed by atoms with Gasteiger partial charge in [-0.3, -0.25) is 0 Å². The third-order valence-electron chi connectivity index (χ3n) is 7.14. The van der Waals surface area contributed by atoms with Crippen molar-refractivity contribution in [1.82, 2.24) is 0 Å². The first-order chi connectivity index (χ1) is 8.33. The Hall–Kier alpha value is -0.0800. The number of hydrogen-bond acceptors (Lipinski definition) is 2. The van der Waals surface area contributed by atoms with Gasteiger partial charge in [0.25, 0.3) is 0 Å². The Bertz CT molecular complexity index is 343. The number of hydrogen-bond donors (Lipinski definition) is 2. The standard InChI is InChI=1S/C16H28O2/c1-14(2)11-7-10-15(14,3)13(17)12(11)16(18)8-5-4-6-9-16/h11-13,17-18H,4-10H2,1-3H3/t11-,12?,13-,15+/m1/s1. The lowest BCUT2D eigenvalue weighted by atomic mass is 9.66. The Kier molecular flexibility index (Phi) is 2.68. The fourth-order valence-electron chi connectivity index (χ4n) is 5.50. The van der Waals surface area contributed by atoms with Gasteiger partial charge in [-0.1, -0.05) is 40.0 Å². The number of rotatable bonds is 1. The van der Waals surface area contributed by atoms with Crippen LogP contribution in [0.3, 0.4) is 0 Å². The van der Waals surface area contributed by atoms with E-state index in [1.807, 2.05) is 0 Å². The van der Waals surface area contributed by atoms with E-state index in [1.165, 1.54) is 12.8 Å². The van der Waals surface area contributed by atoms with E-state index in [-0.39, 0.29) is 22.9 Å². The van der Waals surface area contributed by atoms with Crippen LogP contribution in [0.5, 0.6) is 0 Å². The summed E-state index contributed by atoms with van der Waals surface area (Å²) in [4.78, 5) is 0. The van der Waals surface area contributed by atoms with Crippen LogP contribution < -0.4 is 0 Å². The maximum atomic E-state index is 11.1. The molecule has 2 nitrogen and oxygen atoms in total. The molecule has 2 bridgehead atoms. The van der Waals surface area contributed by atoms with Gasteiger partial charge in [-0.2, -0.15) is 0 Å². The summed E-state index contributed by atoms with van der Waals surface area (Å²) in [6, 6.07) is 0. The average molecular weight is 252 g/mol. The van der Waals surface area contributed by atoms with E-state index in [9.17, 15) is 10.2 Å². The van der Waals surface area contributed by atoms with Gasteiger partial charge in [-0.05, 0) is 42.4 Å². The topological polar surface area (TPSA) is 40.5 Å². The average Bonchev–Trinajstić information content (AvgIpc) is 2.62. The summed E-state index contributed by atoms with van der Waals surface area (Å²) in [6.07, 6.45) is 7.30. The summed E-state index contributed by atoms with van der Waals surface area (Å²) >= 11 is 0. The molecule has 3 rings (SSSR count). The normalized spacial score (nSPS) is 49.5. The highest BCUT2D eigenvalue weighted by Gasteiger charge is 2.69. The van der Waals surface area contributed by atoms with Crippen molar-refractivity contribution in [2.45, 2.75) is 77.4 Å². The van der Waals surface area contributed by atoms with Gasteiger partial charge in [0.15, 0.2) is 0 Å². The van der Waals surface area contributed by atoms with Gasteiger partial charge in [-0.15, -0.1) is 0 Å². The second-order valence-corrected chi connectivity index (χ2v) is 7.92. The molecule has 0 saturated heterocycles. The predicted octanol–water partition coefficient (Wildman–Crippen LogP) is 3.11. The minimum atomic E-state index is -0.586. The van der Waals surface area contributed by atoms with Crippen LogP contribution in [-0.4, -0.2) is 21.9 Å². The molecule has 3 aliphatic carbocycles. The van der Waals surface area contributed by atoms with E-state index in [2.05, 4.69) is 20.8 Å². The van der Waals surface area contributed by atoms with E-state index in [1.54, 1.807) is 0 Å². The monoisotopic (exact) mass is 252 g/mol. The van der Waals surface area contributed by atoms with E-state index < -0.39 is 5.60 Å². The first-order valence-corrected chi connectivity index (χ1v) is 7.73. The van der Waals surface area contributed by atoms with Crippen molar-refractivity contribution >= 4 is 0 Å². The van der Waals surface area contributed by atoms with Crippen LogP contribution in [0, 0.1) is 22.7 Å². The van der Waals surface area contributed by atoms with Crippen LogP contribution in [0.4, 0.5) is 0 Å². The van der Waals surface area contributed by atoms with Crippen LogP contribution in [0.25, 0.3) is 0 Å². The van der Waals surface area contributed by atoms with Crippen LogP contribution >= 0.6 is 0 Å². The summed E-state index contributed by atoms with van der Waals surface area (Å²) in [7, 11) is 0. The molecule has 0 amide bonds. The summed E-state index contributed by atoms with van der Waals surface area (Å²) in [6.45, 7) is 6.85. The lowest BCUT2D eigenvalue weighted by molar-refractivity contribution is -0.123. The van der Waals surface area contributed by atoms with Gasteiger partial charge in [0.1, 0.15) is 0 Å². The quantitative estimate of drug-likeness (QED) is 0.753. The zero-order valence-corrected chi connectivity index (χ0v) is 12.1. The summed E-state index contributed by atoms with van der Waals surface area (Å²) in [5.74, 6) is 0.618. The summed E-state index contributed by atoms with van der Waals surface area (Å²) in [5.41, 5.74) is -0.405.